The number of nitrogens with one attached hydrogen (secondary N) is 1. The van der Waals surface area contributed by atoms with E-state index in [1.54, 1.807) is 4.90 Å². The van der Waals surface area contributed by atoms with Gasteiger partial charge in [0.1, 0.15) is 11.5 Å². The van der Waals surface area contributed by atoms with Gasteiger partial charge in [-0.05, 0) is 60.4 Å². The van der Waals surface area contributed by atoms with E-state index in [2.05, 4.69) is 12.2 Å². The zero-order valence-corrected chi connectivity index (χ0v) is 22.3. The number of alkyl carbamates (subject to hydrolysis) is 1. The zero-order chi connectivity index (χ0) is 26.7. The average Bonchev–Trinajstić information content (AvgIpc) is 2.93. The number of para-hydroxylation sites is 2. The summed E-state index contributed by atoms with van der Waals surface area (Å²) < 4.78 is 17.0. The number of rotatable bonds is 12. The van der Waals surface area contributed by atoms with Crippen molar-refractivity contribution >= 4 is 29.3 Å². The zero-order valence-electron chi connectivity index (χ0n) is 21.5. The van der Waals surface area contributed by atoms with Crippen molar-refractivity contribution in [3.63, 3.8) is 0 Å². The standard InChI is InChI=1S/C30H33ClN2O5/c1-2-3-19-37-30(35)32-18-16-22-10-14-25(15-11-22)36-20-17-28-29(34)33(21-23-8-12-24(31)13-9-23)26-6-4-5-7-27(26)38-28/h4-15,28H,2-3,16-21H2,1H3,(H,32,35). The lowest BCUT2D eigenvalue weighted by molar-refractivity contribution is -0.127. The average molecular weight is 537 g/mol. The summed E-state index contributed by atoms with van der Waals surface area (Å²) in [5, 5.41) is 3.42. The highest BCUT2D eigenvalue weighted by atomic mass is 35.5. The first-order chi connectivity index (χ1) is 18.5. The monoisotopic (exact) mass is 536 g/mol. The topological polar surface area (TPSA) is 77.1 Å². The number of hydrogen-bond donors (Lipinski definition) is 1. The molecule has 1 aliphatic rings. The van der Waals surface area contributed by atoms with Crippen LogP contribution in [0.5, 0.6) is 11.5 Å². The summed E-state index contributed by atoms with van der Waals surface area (Å²) in [6, 6.07) is 22.8. The summed E-state index contributed by atoms with van der Waals surface area (Å²) in [5.74, 6) is 1.29. The van der Waals surface area contributed by atoms with Crippen molar-refractivity contribution in [1.29, 1.82) is 0 Å². The Labute approximate surface area is 228 Å². The molecule has 0 radical (unpaired) electrons. The molecule has 0 bridgehead atoms. The van der Waals surface area contributed by atoms with E-state index < -0.39 is 6.10 Å². The van der Waals surface area contributed by atoms with Crippen molar-refractivity contribution in [3.05, 3.63) is 88.9 Å². The van der Waals surface area contributed by atoms with E-state index in [0.29, 0.717) is 55.7 Å². The van der Waals surface area contributed by atoms with Crippen LogP contribution in [0.25, 0.3) is 0 Å². The summed E-state index contributed by atoms with van der Waals surface area (Å²) >= 11 is 6.02. The number of benzene rings is 3. The highest BCUT2D eigenvalue weighted by molar-refractivity contribution is 6.30. The summed E-state index contributed by atoms with van der Waals surface area (Å²) in [6.45, 7) is 3.76. The smallest absolute Gasteiger partial charge is 0.407 e. The molecule has 3 aromatic carbocycles. The third-order valence-corrected chi connectivity index (χ3v) is 6.46. The first kappa shape index (κ1) is 27.3. The Morgan fingerprint density at radius 3 is 2.50 bits per heavy atom. The Kier molecular flexibility index (Phi) is 9.87. The lowest BCUT2D eigenvalue weighted by atomic mass is 10.1. The summed E-state index contributed by atoms with van der Waals surface area (Å²) in [4.78, 5) is 26.7. The van der Waals surface area contributed by atoms with E-state index in [-0.39, 0.29) is 12.0 Å². The van der Waals surface area contributed by atoms with Crippen LogP contribution in [0.1, 0.15) is 37.3 Å². The molecular weight excluding hydrogens is 504 g/mol. The predicted molar refractivity (Wildman–Crippen MR) is 148 cm³/mol. The minimum atomic E-state index is -0.639. The van der Waals surface area contributed by atoms with Gasteiger partial charge in [0.05, 0.1) is 25.4 Å². The van der Waals surface area contributed by atoms with Crippen molar-refractivity contribution in [3.8, 4) is 11.5 Å². The van der Waals surface area contributed by atoms with Crippen LogP contribution in [0, 0.1) is 0 Å². The Morgan fingerprint density at radius 2 is 1.74 bits per heavy atom. The van der Waals surface area contributed by atoms with Crippen molar-refractivity contribution in [2.75, 3.05) is 24.7 Å². The second-order valence-electron chi connectivity index (χ2n) is 9.07. The molecule has 1 heterocycles. The number of amides is 2. The van der Waals surface area contributed by atoms with Crippen LogP contribution in [0.15, 0.2) is 72.8 Å². The SMILES string of the molecule is CCCCOC(=O)NCCc1ccc(OCCC2Oc3ccccc3N(Cc3ccc(Cl)cc3)C2=O)cc1. The quantitative estimate of drug-likeness (QED) is 0.280. The van der Waals surface area contributed by atoms with Gasteiger partial charge < -0.3 is 24.4 Å². The molecule has 3 aromatic rings. The molecule has 4 rings (SSSR count). The number of nitrogens with zero attached hydrogens (tertiary/aromatic N) is 1. The summed E-state index contributed by atoms with van der Waals surface area (Å²) in [6.07, 6.45) is 1.94. The number of carbonyl (C=O) groups is 2. The van der Waals surface area contributed by atoms with Gasteiger partial charge in [0, 0.05) is 18.0 Å². The molecule has 38 heavy (non-hydrogen) atoms. The van der Waals surface area contributed by atoms with Gasteiger partial charge in [-0.1, -0.05) is 61.3 Å². The van der Waals surface area contributed by atoms with Crippen LogP contribution in [-0.4, -0.2) is 37.9 Å². The number of anilines is 1. The van der Waals surface area contributed by atoms with Crippen molar-refractivity contribution < 1.29 is 23.8 Å². The molecule has 7 nitrogen and oxygen atoms in total. The van der Waals surface area contributed by atoms with Crippen molar-refractivity contribution in [2.45, 2.75) is 45.3 Å². The molecule has 0 saturated carbocycles. The molecule has 1 N–H and O–H groups in total. The first-order valence-electron chi connectivity index (χ1n) is 13.0. The molecule has 0 aromatic heterocycles. The third kappa shape index (κ3) is 7.65. The largest absolute Gasteiger partial charge is 0.493 e. The fourth-order valence-corrected chi connectivity index (χ4v) is 4.23. The second-order valence-corrected chi connectivity index (χ2v) is 9.51. The molecule has 8 heteroatoms. The van der Waals surface area contributed by atoms with Crippen LogP contribution in [0.2, 0.25) is 5.02 Å². The van der Waals surface area contributed by atoms with Gasteiger partial charge in [-0.3, -0.25) is 4.79 Å². The molecule has 1 atom stereocenters. The van der Waals surface area contributed by atoms with Crippen LogP contribution in [0.3, 0.4) is 0 Å². The fourth-order valence-electron chi connectivity index (χ4n) is 4.10. The maximum Gasteiger partial charge on any atom is 0.407 e. The van der Waals surface area contributed by atoms with Gasteiger partial charge in [0.15, 0.2) is 6.10 Å². The minimum absolute atomic E-state index is 0.0988. The van der Waals surface area contributed by atoms with Crippen molar-refractivity contribution in [1.82, 2.24) is 5.32 Å². The van der Waals surface area contributed by atoms with Gasteiger partial charge >= 0.3 is 6.09 Å². The Morgan fingerprint density at radius 1 is 1.00 bits per heavy atom. The fraction of sp³-hybridized carbons (Fsp3) is 0.333. The van der Waals surface area contributed by atoms with Crippen LogP contribution < -0.4 is 19.7 Å². The van der Waals surface area contributed by atoms with Crippen LogP contribution >= 0.6 is 11.6 Å². The van der Waals surface area contributed by atoms with Gasteiger partial charge in [-0.15, -0.1) is 0 Å². The van der Waals surface area contributed by atoms with Gasteiger partial charge in [-0.25, -0.2) is 4.79 Å². The molecule has 1 aliphatic heterocycles. The third-order valence-electron chi connectivity index (χ3n) is 6.21. The number of unbranched alkanes of at least 4 members (excludes halogenated alkanes) is 1. The van der Waals surface area contributed by atoms with E-state index >= 15 is 0 Å². The van der Waals surface area contributed by atoms with Crippen LogP contribution in [-0.2, 0) is 22.5 Å². The van der Waals surface area contributed by atoms with Gasteiger partial charge in [0.25, 0.3) is 5.91 Å². The summed E-state index contributed by atoms with van der Waals surface area (Å²) in [5.41, 5.74) is 2.81. The van der Waals surface area contributed by atoms with Crippen molar-refractivity contribution in [2.24, 2.45) is 0 Å². The molecule has 0 saturated heterocycles. The molecule has 0 spiro atoms. The minimum Gasteiger partial charge on any atom is -0.493 e. The van der Waals surface area contributed by atoms with Gasteiger partial charge in [0.2, 0.25) is 0 Å². The molecule has 1 unspecified atom stereocenters. The molecule has 0 fully saturated rings. The number of hydrogen-bond acceptors (Lipinski definition) is 5. The van der Waals surface area contributed by atoms with E-state index in [9.17, 15) is 9.59 Å². The highest BCUT2D eigenvalue weighted by Gasteiger charge is 2.34. The van der Waals surface area contributed by atoms with Crippen LogP contribution in [0.4, 0.5) is 10.5 Å². The maximum absolute atomic E-state index is 13.3. The van der Waals surface area contributed by atoms with E-state index in [0.717, 1.165) is 29.7 Å². The van der Waals surface area contributed by atoms with E-state index in [1.807, 2.05) is 72.8 Å². The molecular formula is C30H33ClN2O5. The molecule has 200 valence electrons. The predicted octanol–water partition coefficient (Wildman–Crippen LogP) is 6.17. The first-order valence-corrected chi connectivity index (χ1v) is 13.3. The number of halogens is 1. The Bertz CT molecular complexity index is 1200. The van der Waals surface area contributed by atoms with Gasteiger partial charge in [-0.2, -0.15) is 0 Å². The van der Waals surface area contributed by atoms with E-state index in [1.165, 1.54) is 0 Å². The maximum atomic E-state index is 13.3. The lowest BCUT2D eigenvalue weighted by Gasteiger charge is -2.34. The second kappa shape index (κ2) is 13.7. The Hall–Kier alpha value is -3.71. The number of fused-ring (bicyclic) bond motifs is 1. The normalized spacial score (nSPS) is 14.4. The molecule has 0 aliphatic carbocycles. The molecule has 2 amide bonds. The Balaban J connectivity index is 1.27. The van der Waals surface area contributed by atoms with E-state index in [4.69, 9.17) is 25.8 Å². The number of ether oxygens (including phenoxy) is 3. The summed E-state index contributed by atoms with van der Waals surface area (Å²) in [7, 11) is 0. The number of carbonyl (C=O) groups excluding carboxylic acids is 2. The highest BCUT2D eigenvalue weighted by Crippen LogP contribution is 2.35. The lowest BCUT2D eigenvalue weighted by Crippen LogP contribution is -2.46.